The van der Waals surface area contributed by atoms with Crippen LogP contribution in [0.3, 0.4) is 0 Å². The number of unbranched alkanes of at least 4 members (excludes halogenated alkanes) is 47. The van der Waals surface area contributed by atoms with Gasteiger partial charge < -0.3 is 14.2 Å². The van der Waals surface area contributed by atoms with Crippen molar-refractivity contribution in [3.05, 3.63) is 48.6 Å². The maximum Gasteiger partial charge on any atom is 0.306 e. The zero-order valence-electron chi connectivity index (χ0n) is 53.9. The molecule has 80 heavy (non-hydrogen) atoms. The topological polar surface area (TPSA) is 78.9 Å². The number of hydrogen-bond acceptors (Lipinski definition) is 6. The number of esters is 3. The highest BCUT2D eigenvalue weighted by Gasteiger charge is 2.19. The lowest BCUT2D eigenvalue weighted by Crippen LogP contribution is -2.30. The third-order valence-corrected chi connectivity index (χ3v) is 16.0. The Labute approximate surface area is 498 Å². The van der Waals surface area contributed by atoms with Crippen LogP contribution in [0.2, 0.25) is 0 Å². The molecule has 0 radical (unpaired) electrons. The maximum absolute atomic E-state index is 12.9. The number of rotatable bonds is 66. The molecule has 0 aliphatic heterocycles. The van der Waals surface area contributed by atoms with E-state index in [4.69, 9.17) is 14.2 Å². The zero-order chi connectivity index (χ0) is 57.8. The molecule has 6 nitrogen and oxygen atoms in total. The fourth-order valence-electron chi connectivity index (χ4n) is 10.6. The van der Waals surface area contributed by atoms with Crippen LogP contribution in [-0.4, -0.2) is 37.2 Å². The lowest BCUT2D eigenvalue weighted by atomic mass is 10.0. The van der Waals surface area contributed by atoms with Crippen molar-refractivity contribution in [2.24, 2.45) is 0 Å². The van der Waals surface area contributed by atoms with Gasteiger partial charge >= 0.3 is 17.9 Å². The van der Waals surface area contributed by atoms with Gasteiger partial charge in [-0.3, -0.25) is 14.4 Å². The first-order valence-corrected chi connectivity index (χ1v) is 35.6. The predicted octanol–water partition coefficient (Wildman–Crippen LogP) is 24.5. The minimum absolute atomic E-state index is 0.0740. The van der Waals surface area contributed by atoms with Gasteiger partial charge in [-0.15, -0.1) is 0 Å². The summed E-state index contributed by atoms with van der Waals surface area (Å²) >= 11 is 0. The first-order valence-electron chi connectivity index (χ1n) is 35.6. The fraction of sp³-hybridized carbons (Fsp3) is 0.851. The van der Waals surface area contributed by atoms with Crippen LogP contribution in [0.1, 0.15) is 387 Å². The highest BCUT2D eigenvalue weighted by molar-refractivity contribution is 5.71. The molecule has 468 valence electrons. The van der Waals surface area contributed by atoms with Crippen molar-refractivity contribution < 1.29 is 28.6 Å². The normalized spacial score (nSPS) is 12.3. The third-order valence-electron chi connectivity index (χ3n) is 16.0. The van der Waals surface area contributed by atoms with Crippen molar-refractivity contribution in [1.29, 1.82) is 0 Å². The summed E-state index contributed by atoms with van der Waals surface area (Å²) in [6.07, 6.45) is 87.1. The van der Waals surface area contributed by atoms with Gasteiger partial charge in [0.05, 0.1) is 0 Å². The molecule has 0 rings (SSSR count). The molecule has 0 aromatic carbocycles. The minimum atomic E-state index is -0.779. The SMILES string of the molecule is CCCCCCC/C=C\C/C=C\CCCCCCCCCCCC(=O)OC(COC(=O)CCCCCCC/C=C\CCCCCCC)COC(=O)CCCCCCCCCCCCCCCCC/C=C\CCCCCCCCCC. The standard InChI is InChI=1S/C74H136O6/c1-4-7-10-13-16-19-22-25-28-30-32-34-35-36-37-38-39-41-42-44-46-49-52-55-58-61-64-67-73(76)79-70-71(69-78-72(75)66-63-60-57-54-51-48-27-24-21-18-15-12-9-6-3)80-74(77)68-65-62-59-56-53-50-47-45-43-40-33-31-29-26-23-20-17-14-11-8-5-2/h23-24,26-27,30-33,71H,4-22,25,28-29,34-70H2,1-3H3/b26-23-,27-24-,32-30-,33-31-. The molecule has 0 N–H and O–H groups in total. The van der Waals surface area contributed by atoms with Crippen LogP contribution >= 0.6 is 0 Å². The van der Waals surface area contributed by atoms with Crippen molar-refractivity contribution in [3.8, 4) is 0 Å². The van der Waals surface area contributed by atoms with Crippen LogP contribution in [0.5, 0.6) is 0 Å². The van der Waals surface area contributed by atoms with Crippen LogP contribution in [0.4, 0.5) is 0 Å². The monoisotopic (exact) mass is 1120 g/mol. The van der Waals surface area contributed by atoms with E-state index < -0.39 is 6.10 Å². The van der Waals surface area contributed by atoms with E-state index in [0.29, 0.717) is 19.3 Å². The average molecular weight is 1120 g/mol. The largest absolute Gasteiger partial charge is 0.462 e. The van der Waals surface area contributed by atoms with E-state index in [9.17, 15) is 14.4 Å². The molecule has 0 heterocycles. The van der Waals surface area contributed by atoms with Crippen molar-refractivity contribution in [2.45, 2.75) is 393 Å². The van der Waals surface area contributed by atoms with Gasteiger partial charge in [-0.1, -0.05) is 313 Å². The summed E-state index contributed by atoms with van der Waals surface area (Å²) in [6, 6.07) is 0. The number of carbonyl (C=O) groups excluding carboxylic acids is 3. The van der Waals surface area contributed by atoms with E-state index in [2.05, 4.69) is 69.4 Å². The van der Waals surface area contributed by atoms with E-state index in [1.165, 1.54) is 276 Å². The Kier molecular flexibility index (Phi) is 66.6. The van der Waals surface area contributed by atoms with Crippen LogP contribution in [0, 0.1) is 0 Å². The Hall–Kier alpha value is -2.63. The second kappa shape index (κ2) is 68.9. The predicted molar refractivity (Wildman–Crippen MR) is 349 cm³/mol. The Bertz CT molecular complexity index is 1380. The first-order chi connectivity index (χ1) is 39.5. The van der Waals surface area contributed by atoms with Crippen molar-refractivity contribution in [1.82, 2.24) is 0 Å². The summed E-state index contributed by atoms with van der Waals surface area (Å²) in [7, 11) is 0. The molecular weight excluding hydrogens is 985 g/mol. The van der Waals surface area contributed by atoms with Gasteiger partial charge in [0.15, 0.2) is 6.10 Å². The number of hydrogen-bond donors (Lipinski definition) is 0. The Morgan fingerprint density at radius 2 is 0.450 bits per heavy atom. The summed E-state index contributed by atoms with van der Waals surface area (Å²) in [4.78, 5) is 38.4. The second-order valence-electron chi connectivity index (χ2n) is 24.1. The van der Waals surface area contributed by atoms with Gasteiger partial charge in [0.1, 0.15) is 13.2 Å². The Morgan fingerprint density at radius 1 is 0.250 bits per heavy atom. The molecular formula is C74H136O6. The lowest BCUT2D eigenvalue weighted by molar-refractivity contribution is -0.167. The van der Waals surface area contributed by atoms with E-state index in [1.54, 1.807) is 0 Å². The van der Waals surface area contributed by atoms with Gasteiger partial charge in [-0.05, 0) is 103 Å². The third kappa shape index (κ3) is 66.2. The molecule has 0 spiro atoms. The van der Waals surface area contributed by atoms with Gasteiger partial charge in [0.2, 0.25) is 0 Å². The highest BCUT2D eigenvalue weighted by atomic mass is 16.6. The van der Waals surface area contributed by atoms with Gasteiger partial charge in [0, 0.05) is 19.3 Å². The molecule has 0 aromatic heterocycles. The summed E-state index contributed by atoms with van der Waals surface area (Å²) in [5.41, 5.74) is 0. The fourth-order valence-corrected chi connectivity index (χ4v) is 10.6. The second-order valence-corrected chi connectivity index (χ2v) is 24.1. The molecule has 0 aliphatic carbocycles. The highest BCUT2D eigenvalue weighted by Crippen LogP contribution is 2.18. The molecule has 1 unspecified atom stereocenters. The van der Waals surface area contributed by atoms with Crippen molar-refractivity contribution >= 4 is 17.9 Å². The minimum Gasteiger partial charge on any atom is -0.462 e. The zero-order valence-corrected chi connectivity index (χ0v) is 53.9. The maximum atomic E-state index is 12.9. The Morgan fingerprint density at radius 3 is 0.700 bits per heavy atom. The molecule has 0 fully saturated rings. The molecule has 1 atom stereocenters. The van der Waals surface area contributed by atoms with E-state index in [-0.39, 0.29) is 31.1 Å². The van der Waals surface area contributed by atoms with Crippen LogP contribution in [-0.2, 0) is 28.6 Å². The number of allylic oxidation sites excluding steroid dienone is 8. The van der Waals surface area contributed by atoms with Gasteiger partial charge in [-0.2, -0.15) is 0 Å². The van der Waals surface area contributed by atoms with E-state index in [1.807, 2.05) is 0 Å². The summed E-state index contributed by atoms with van der Waals surface area (Å²) in [5.74, 6) is -0.862. The van der Waals surface area contributed by atoms with E-state index >= 15 is 0 Å². The van der Waals surface area contributed by atoms with Crippen molar-refractivity contribution in [2.75, 3.05) is 13.2 Å². The molecule has 0 aliphatic rings. The Balaban J connectivity index is 4.25. The molecule has 0 aromatic rings. The summed E-state index contributed by atoms with van der Waals surface area (Å²) < 4.78 is 17.0. The summed E-state index contributed by atoms with van der Waals surface area (Å²) in [5, 5.41) is 0. The van der Waals surface area contributed by atoms with Crippen LogP contribution < -0.4 is 0 Å². The smallest absolute Gasteiger partial charge is 0.306 e. The number of ether oxygens (including phenoxy) is 3. The molecule has 0 saturated heterocycles. The summed E-state index contributed by atoms with van der Waals surface area (Å²) in [6.45, 7) is 6.67. The van der Waals surface area contributed by atoms with Gasteiger partial charge in [-0.25, -0.2) is 0 Å². The van der Waals surface area contributed by atoms with Crippen molar-refractivity contribution in [3.63, 3.8) is 0 Å². The average Bonchev–Trinajstić information content (AvgIpc) is 3.46. The molecule has 0 amide bonds. The van der Waals surface area contributed by atoms with E-state index in [0.717, 1.165) is 70.6 Å². The van der Waals surface area contributed by atoms with Crippen LogP contribution in [0.25, 0.3) is 0 Å². The molecule has 0 bridgehead atoms. The number of carbonyl (C=O) groups is 3. The lowest BCUT2D eigenvalue weighted by Gasteiger charge is -2.18. The molecule has 6 heteroatoms. The molecule has 0 saturated carbocycles. The first kappa shape index (κ1) is 77.4. The van der Waals surface area contributed by atoms with Crippen LogP contribution in [0.15, 0.2) is 48.6 Å². The van der Waals surface area contributed by atoms with Gasteiger partial charge in [0.25, 0.3) is 0 Å². The quantitative estimate of drug-likeness (QED) is 0.0261.